The van der Waals surface area contributed by atoms with Crippen molar-refractivity contribution >= 4 is 110 Å². The molecular formula is C31H30N10O17S4. The van der Waals surface area contributed by atoms with Gasteiger partial charge in [0.25, 0.3) is 0 Å². The van der Waals surface area contributed by atoms with Gasteiger partial charge in [0, 0.05) is 0 Å². The molecular weight excluding hydrogens is 913 g/mol. The summed E-state index contributed by atoms with van der Waals surface area (Å²) in [6.07, 6.45) is 0.526. The molecule has 0 fully saturated rings. The Balaban J connectivity index is 1.83. The highest BCUT2D eigenvalue weighted by atomic mass is 32.3. The van der Waals surface area contributed by atoms with Crippen molar-refractivity contribution in [2.45, 2.75) is 9.79 Å². The minimum absolute atomic E-state index is 0.0484. The van der Waals surface area contributed by atoms with Crippen LogP contribution in [-0.4, -0.2) is 96.0 Å². The van der Waals surface area contributed by atoms with Crippen molar-refractivity contribution in [2.24, 2.45) is 30.7 Å². The lowest BCUT2D eigenvalue weighted by Crippen LogP contribution is -2.15. The fourth-order valence-corrected chi connectivity index (χ4v) is 7.70. The number of hydrogen-bond acceptors (Lipinski definition) is 23. The van der Waals surface area contributed by atoms with Gasteiger partial charge in [-0.25, -0.2) is 40.3 Å². The third-order valence-electron chi connectivity index (χ3n) is 7.52. The normalized spacial score (nSPS) is 12.5. The number of anilines is 3. The van der Waals surface area contributed by atoms with E-state index in [0.717, 1.165) is 60.7 Å². The van der Waals surface area contributed by atoms with Crippen LogP contribution in [0.5, 0.6) is 0 Å². The monoisotopic (exact) mass is 942 g/mol. The van der Waals surface area contributed by atoms with Gasteiger partial charge >= 0.3 is 32.7 Å². The molecule has 31 heteroatoms. The van der Waals surface area contributed by atoms with Crippen molar-refractivity contribution < 1.29 is 75.8 Å². The van der Waals surface area contributed by atoms with E-state index in [1.165, 1.54) is 6.07 Å². The molecule has 0 amide bonds. The van der Waals surface area contributed by atoms with Crippen molar-refractivity contribution in [1.29, 1.82) is 5.41 Å². The number of nitrogens with zero attached hydrogens (tertiary/aromatic N) is 6. The van der Waals surface area contributed by atoms with Crippen molar-refractivity contribution in [3.05, 3.63) is 77.9 Å². The number of sulfone groups is 2. The van der Waals surface area contributed by atoms with E-state index in [-0.39, 0.29) is 32.5 Å². The zero-order valence-corrected chi connectivity index (χ0v) is 34.1. The minimum atomic E-state index is -4.91. The van der Waals surface area contributed by atoms with Crippen molar-refractivity contribution in [3.8, 4) is 0 Å². The molecule has 0 saturated carbocycles. The fourth-order valence-electron chi connectivity index (χ4n) is 4.72. The van der Waals surface area contributed by atoms with Gasteiger partial charge in [0.05, 0.1) is 68.5 Å². The number of rotatable bonds is 21. The summed E-state index contributed by atoms with van der Waals surface area (Å²) in [6, 6.07) is 12.2. The molecule has 4 rings (SSSR count). The van der Waals surface area contributed by atoms with Crippen molar-refractivity contribution in [2.75, 3.05) is 41.7 Å². The molecule has 27 nitrogen and oxygen atoms in total. The predicted molar refractivity (Wildman–Crippen MR) is 214 cm³/mol. The van der Waals surface area contributed by atoms with Crippen molar-refractivity contribution in [1.82, 2.24) is 0 Å². The van der Waals surface area contributed by atoms with Crippen LogP contribution in [-0.2, 0) is 53.7 Å². The van der Waals surface area contributed by atoms with E-state index in [1.807, 2.05) is 0 Å². The Morgan fingerprint density at radius 2 is 1.06 bits per heavy atom. The van der Waals surface area contributed by atoms with Crippen LogP contribution in [0.4, 0.5) is 51.2 Å². The average Bonchev–Trinajstić information content (AvgIpc) is 3.18. The molecule has 0 bridgehead atoms. The van der Waals surface area contributed by atoms with Crippen molar-refractivity contribution in [3.63, 3.8) is 0 Å². The lowest BCUT2D eigenvalue weighted by Gasteiger charge is -2.13. The van der Waals surface area contributed by atoms with Gasteiger partial charge in [-0.3, -0.25) is 14.5 Å². The Morgan fingerprint density at radius 1 is 0.629 bits per heavy atom. The number of carboxylic acids is 2. The molecule has 0 spiro atoms. The molecule has 0 unspecified atom stereocenters. The van der Waals surface area contributed by atoms with Crippen LogP contribution in [0, 0.1) is 5.41 Å². The molecule has 10 N–H and O–H groups in total. The van der Waals surface area contributed by atoms with Gasteiger partial charge < -0.3 is 26.5 Å². The number of nitrogen functional groups attached to an aromatic ring is 2. The molecule has 4 aromatic carbocycles. The van der Waals surface area contributed by atoms with Gasteiger partial charge in [0.15, 0.2) is 19.7 Å². The molecule has 0 aromatic heterocycles. The topological polar surface area (TPSA) is 441 Å². The predicted octanol–water partition coefficient (Wildman–Crippen LogP) is 4.63. The van der Waals surface area contributed by atoms with Crippen LogP contribution in [0.2, 0.25) is 0 Å². The highest BCUT2D eigenvalue weighted by Crippen LogP contribution is 2.49. The largest absolute Gasteiger partial charge is 0.478 e. The Bertz CT molecular complexity index is 2930. The van der Waals surface area contributed by atoms with E-state index in [2.05, 4.69) is 49.4 Å². The molecule has 0 aliphatic rings. The van der Waals surface area contributed by atoms with Crippen LogP contribution in [0.15, 0.2) is 107 Å². The number of nitrogens with one attached hydrogen (secondary N) is 2. The van der Waals surface area contributed by atoms with Gasteiger partial charge in [-0.1, -0.05) is 0 Å². The third-order valence-corrected chi connectivity index (χ3v) is 11.8. The maximum Gasteiger partial charge on any atom is 0.397 e. The summed E-state index contributed by atoms with van der Waals surface area (Å²) in [4.78, 5) is 28.8. The molecule has 0 aliphatic carbocycles. The van der Waals surface area contributed by atoms with E-state index in [9.17, 15) is 53.5 Å². The summed E-state index contributed by atoms with van der Waals surface area (Å²) in [5.74, 6) is -4.94. The first kappa shape index (κ1) is 47.8. The Morgan fingerprint density at radius 3 is 1.47 bits per heavy atom. The second-order valence-electron chi connectivity index (χ2n) is 11.7. The number of aromatic carboxylic acids is 2. The van der Waals surface area contributed by atoms with Crippen LogP contribution < -0.4 is 16.9 Å². The molecule has 0 atom stereocenters. The SMILES string of the molecule is N=CONc1ccc(C(=O)O)c(N=Nc2c(N)c(N=Nc3ccc(S(=O)(=O)CCOS(=O)(=O)O)cc3)c(N)c(N=Nc3ccc(S(=O)(=O)CCOS(=O)(=O)O)cc3)c2C(=O)O)c1. The maximum atomic E-state index is 12.8. The molecule has 330 valence electrons. The number of carboxylic acid groups (broad SMARTS) is 2. The van der Waals surface area contributed by atoms with Gasteiger partial charge in [-0.2, -0.15) is 27.1 Å². The van der Waals surface area contributed by atoms with Crippen LogP contribution in [0.25, 0.3) is 0 Å². The smallest absolute Gasteiger partial charge is 0.397 e. The number of nitrogens with two attached hydrogens (primary N) is 2. The molecule has 0 saturated heterocycles. The first-order valence-corrected chi connectivity index (χ1v) is 22.4. The van der Waals surface area contributed by atoms with E-state index < -0.39 is 117 Å². The maximum absolute atomic E-state index is 12.8. The van der Waals surface area contributed by atoms with Crippen LogP contribution in [0.1, 0.15) is 20.7 Å². The quantitative estimate of drug-likeness (QED) is 0.0141. The Hall–Kier alpha value is -6.87. The van der Waals surface area contributed by atoms with E-state index in [0.29, 0.717) is 6.40 Å². The van der Waals surface area contributed by atoms with Gasteiger partial charge in [0.2, 0.25) is 6.40 Å². The summed E-state index contributed by atoms with van der Waals surface area (Å²) in [5, 5.41) is 50.7. The lowest BCUT2D eigenvalue weighted by atomic mass is 10.1. The zero-order chi connectivity index (χ0) is 46.0. The summed E-state index contributed by atoms with van der Waals surface area (Å²) in [7, 11) is -18.1. The first-order valence-electron chi connectivity index (χ1n) is 16.3. The zero-order valence-electron chi connectivity index (χ0n) is 30.8. The molecule has 62 heavy (non-hydrogen) atoms. The highest BCUT2D eigenvalue weighted by molar-refractivity contribution is 7.91. The average molecular weight is 943 g/mol. The van der Waals surface area contributed by atoms with Gasteiger partial charge in [-0.15, -0.1) is 20.5 Å². The van der Waals surface area contributed by atoms with Gasteiger partial charge in [0.1, 0.15) is 28.3 Å². The van der Waals surface area contributed by atoms with Crippen LogP contribution in [0.3, 0.4) is 0 Å². The van der Waals surface area contributed by atoms with E-state index in [4.69, 9.17) is 26.0 Å². The number of hydrogen-bond donors (Lipinski definition) is 8. The summed E-state index contributed by atoms with van der Waals surface area (Å²) in [5.41, 5.74) is 10.2. The summed E-state index contributed by atoms with van der Waals surface area (Å²) in [6.45, 7) is -1.79. The first-order chi connectivity index (χ1) is 28.9. The van der Waals surface area contributed by atoms with E-state index in [1.54, 1.807) is 0 Å². The molecule has 4 aromatic rings. The highest BCUT2D eigenvalue weighted by Gasteiger charge is 2.27. The van der Waals surface area contributed by atoms with E-state index >= 15 is 0 Å². The molecule has 0 aliphatic heterocycles. The lowest BCUT2D eigenvalue weighted by molar-refractivity contribution is 0.0687. The second kappa shape index (κ2) is 19.7. The number of carbonyl (C=O) groups is 2. The number of benzene rings is 4. The number of azo groups is 3. The summed E-state index contributed by atoms with van der Waals surface area (Å²) >= 11 is 0. The molecule has 0 radical (unpaired) electrons. The second-order valence-corrected chi connectivity index (χ2v) is 18.1. The fraction of sp³-hybridized carbons (Fsp3) is 0.129. The Labute approximate surface area is 350 Å². The third kappa shape index (κ3) is 13.1. The van der Waals surface area contributed by atoms with Gasteiger partial charge in [-0.05, 0) is 66.7 Å². The molecule has 0 heterocycles. The Kier molecular flexibility index (Phi) is 15.2. The standard InChI is InChI=1S/C31H30N10O17S4/c32-16-56-41-19-5-10-22(30(42)43)23(15-19)37-39-28-24(31(44)45)27(38-35-17-1-6-20(7-2-17)59(46,47)13-11-57-61(50,51)52)25(33)29(26(28)34)40-36-18-3-8-21(9-4-18)60(48,49)14-12-58-62(53,54)55/h1-10,15-16,32,41H,11-14,33-34H2,(H,42,43)(H,44,45)(H,50,51,52)(H,53,54,55). The summed E-state index contributed by atoms with van der Waals surface area (Å²) < 4.78 is 119. The minimum Gasteiger partial charge on any atom is -0.478 e. The van der Waals surface area contributed by atoms with Crippen LogP contribution >= 0.6 is 0 Å².